The molecule has 0 atom stereocenters. The highest BCUT2D eigenvalue weighted by atomic mass is 16.6. The van der Waals surface area contributed by atoms with Crippen LogP contribution in [0, 0.1) is 10.1 Å². The second-order valence-electron chi connectivity index (χ2n) is 2.54. The Bertz CT molecular complexity index is 175. The van der Waals surface area contributed by atoms with E-state index < -0.39 is 16.4 Å². The van der Waals surface area contributed by atoms with E-state index in [1.807, 2.05) is 0 Å². The van der Waals surface area contributed by atoms with E-state index in [9.17, 15) is 14.9 Å². The molecule has 0 aliphatic rings. The maximum atomic E-state index is 10.8. The number of nitro groups is 1. The van der Waals surface area contributed by atoms with Crippen molar-refractivity contribution in [2.75, 3.05) is 6.61 Å². The largest absolute Gasteiger partial charge is 0.461 e. The van der Waals surface area contributed by atoms with Crippen LogP contribution in [0.25, 0.3) is 0 Å². The number of hydrogen-bond acceptors (Lipinski definition) is 4. The fraction of sp³-hybridized carbons (Fsp3) is 0.833. The quantitative estimate of drug-likeness (QED) is 0.345. The van der Waals surface area contributed by atoms with E-state index in [1.54, 1.807) is 6.92 Å². The maximum Gasteiger partial charge on any atom is 0.384 e. The molecular formula is C6H11NO4. The summed E-state index contributed by atoms with van der Waals surface area (Å²) in [7, 11) is 0. The summed E-state index contributed by atoms with van der Waals surface area (Å²) >= 11 is 0. The Morgan fingerprint density at radius 2 is 2.09 bits per heavy atom. The Morgan fingerprint density at radius 3 is 2.36 bits per heavy atom. The Labute approximate surface area is 64.5 Å². The van der Waals surface area contributed by atoms with Crippen LogP contribution in [-0.2, 0) is 9.53 Å². The van der Waals surface area contributed by atoms with Gasteiger partial charge in [0.1, 0.15) is 0 Å². The molecule has 64 valence electrons. The third kappa shape index (κ3) is 2.18. The van der Waals surface area contributed by atoms with Crippen molar-refractivity contribution in [2.45, 2.75) is 26.3 Å². The highest BCUT2D eigenvalue weighted by molar-refractivity contribution is 5.78. The first-order valence-electron chi connectivity index (χ1n) is 3.24. The molecule has 0 rings (SSSR count). The minimum Gasteiger partial charge on any atom is -0.461 e. The van der Waals surface area contributed by atoms with Crippen LogP contribution in [0.15, 0.2) is 0 Å². The molecule has 5 heteroatoms. The number of nitrogens with zero attached hydrogens (tertiary/aromatic N) is 1. The van der Waals surface area contributed by atoms with Crippen molar-refractivity contribution in [1.82, 2.24) is 0 Å². The zero-order valence-electron chi connectivity index (χ0n) is 6.79. The van der Waals surface area contributed by atoms with Crippen molar-refractivity contribution in [3.05, 3.63) is 10.1 Å². The topological polar surface area (TPSA) is 69.4 Å². The average molecular weight is 161 g/mol. The molecule has 0 aromatic heterocycles. The Kier molecular flexibility index (Phi) is 2.98. The first-order chi connectivity index (χ1) is 4.92. The van der Waals surface area contributed by atoms with Crippen LogP contribution in [0.2, 0.25) is 0 Å². The minimum atomic E-state index is -1.63. The first-order valence-corrected chi connectivity index (χ1v) is 3.24. The minimum absolute atomic E-state index is 0.163. The average Bonchev–Trinajstić information content (AvgIpc) is 1.88. The zero-order valence-corrected chi connectivity index (χ0v) is 6.79. The second-order valence-corrected chi connectivity index (χ2v) is 2.54. The zero-order chi connectivity index (χ0) is 9.07. The third-order valence-electron chi connectivity index (χ3n) is 1.23. The number of rotatable bonds is 3. The smallest absolute Gasteiger partial charge is 0.384 e. The van der Waals surface area contributed by atoms with Gasteiger partial charge < -0.3 is 4.74 Å². The monoisotopic (exact) mass is 161 g/mol. The van der Waals surface area contributed by atoms with Gasteiger partial charge in [0.2, 0.25) is 0 Å². The van der Waals surface area contributed by atoms with Gasteiger partial charge in [-0.15, -0.1) is 0 Å². The molecule has 0 radical (unpaired) electrons. The van der Waals surface area contributed by atoms with Gasteiger partial charge in [0.05, 0.1) is 6.61 Å². The van der Waals surface area contributed by atoms with Crippen LogP contribution < -0.4 is 0 Å². The Hall–Kier alpha value is -1.13. The lowest BCUT2D eigenvalue weighted by Crippen LogP contribution is -2.41. The summed E-state index contributed by atoms with van der Waals surface area (Å²) in [6.07, 6.45) is 0. The van der Waals surface area contributed by atoms with Crippen LogP contribution >= 0.6 is 0 Å². The molecule has 0 amide bonds. The molecule has 5 nitrogen and oxygen atoms in total. The standard InChI is InChI=1S/C6H11NO4/c1-4-11-5(8)6(2,3)7(9)10/h4H2,1-3H3. The van der Waals surface area contributed by atoms with Gasteiger partial charge in [-0.2, -0.15) is 0 Å². The van der Waals surface area contributed by atoms with Gasteiger partial charge in [-0.25, -0.2) is 4.79 Å². The van der Waals surface area contributed by atoms with Gasteiger partial charge in [0.25, 0.3) is 0 Å². The third-order valence-corrected chi connectivity index (χ3v) is 1.23. The van der Waals surface area contributed by atoms with Crippen molar-refractivity contribution >= 4 is 5.97 Å². The predicted molar refractivity (Wildman–Crippen MR) is 37.7 cm³/mol. The SMILES string of the molecule is CCOC(=O)C(C)(C)[N+](=O)[O-]. The molecule has 0 aromatic carbocycles. The van der Waals surface area contributed by atoms with E-state index in [1.165, 1.54) is 13.8 Å². The summed E-state index contributed by atoms with van der Waals surface area (Å²) in [5.41, 5.74) is -1.63. The molecule has 0 N–H and O–H groups in total. The summed E-state index contributed by atoms with van der Waals surface area (Å²) in [5, 5.41) is 10.2. The first kappa shape index (κ1) is 9.87. The van der Waals surface area contributed by atoms with Gasteiger partial charge in [-0.1, -0.05) is 0 Å². The van der Waals surface area contributed by atoms with Crippen LogP contribution in [0.1, 0.15) is 20.8 Å². The molecular weight excluding hydrogens is 150 g/mol. The maximum absolute atomic E-state index is 10.8. The number of hydrogen-bond donors (Lipinski definition) is 0. The molecule has 0 aliphatic heterocycles. The highest BCUT2D eigenvalue weighted by Crippen LogP contribution is 2.09. The number of esters is 1. The Balaban J connectivity index is 4.30. The number of carbonyl (C=O) groups is 1. The van der Waals surface area contributed by atoms with Crippen molar-refractivity contribution in [2.24, 2.45) is 0 Å². The van der Waals surface area contributed by atoms with Crippen LogP contribution in [0.3, 0.4) is 0 Å². The van der Waals surface area contributed by atoms with Gasteiger partial charge in [0.15, 0.2) is 0 Å². The van der Waals surface area contributed by atoms with Gasteiger partial charge in [-0.05, 0) is 6.92 Å². The number of carbonyl (C=O) groups excluding carboxylic acids is 1. The van der Waals surface area contributed by atoms with E-state index in [0.29, 0.717) is 0 Å². The summed E-state index contributed by atoms with van der Waals surface area (Å²) in [5.74, 6) is -0.801. The van der Waals surface area contributed by atoms with E-state index in [-0.39, 0.29) is 6.61 Å². The molecule has 0 spiro atoms. The van der Waals surface area contributed by atoms with Gasteiger partial charge in [-0.3, -0.25) is 10.1 Å². The molecule has 0 saturated heterocycles. The molecule has 0 saturated carbocycles. The Morgan fingerprint density at radius 1 is 1.64 bits per heavy atom. The summed E-state index contributed by atoms with van der Waals surface area (Å²) in [6, 6.07) is 0. The van der Waals surface area contributed by atoms with E-state index in [2.05, 4.69) is 4.74 Å². The van der Waals surface area contributed by atoms with E-state index in [4.69, 9.17) is 0 Å². The van der Waals surface area contributed by atoms with Gasteiger partial charge >= 0.3 is 11.5 Å². The summed E-state index contributed by atoms with van der Waals surface area (Å²) in [6.45, 7) is 4.19. The number of ether oxygens (including phenoxy) is 1. The molecule has 0 bridgehead atoms. The molecule has 0 aliphatic carbocycles. The highest BCUT2D eigenvalue weighted by Gasteiger charge is 2.41. The van der Waals surface area contributed by atoms with Crippen molar-refractivity contribution in [1.29, 1.82) is 0 Å². The lowest BCUT2D eigenvalue weighted by Gasteiger charge is -2.12. The normalized spacial score (nSPS) is 10.8. The van der Waals surface area contributed by atoms with Crippen LogP contribution in [0.5, 0.6) is 0 Å². The predicted octanol–water partition coefficient (Wildman–Crippen LogP) is 0.605. The lowest BCUT2D eigenvalue weighted by atomic mass is 10.1. The van der Waals surface area contributed by atoms with E-state index >= 15 is 0 Å². The molecule has 0 aromatic rings. The molecule has 0 fully saturated rings. The molecule has 0 heterocycles. The van der Waals surface area contributed by atoms with Gasteiger partial charge in [0, 0.05) is 18.8 Å². The fourth-order valence-corrected chi connectivity index (χ4v) is 0.382. The van der Waals surface area contributed by atoms with Crippen molar-refractivity contribution in [3.8, 4) is 0 Å². The summed E-state index contributed by atoms with van der Waals surface area (Å²) in [4.78, 5) is 20.4. The van der Waals surface area contributed by atoms with Crippen LogP contribution in [-0.4, -0.2) is 23.0 Å². The lowest BCUT2D eigenvalue weighted by molar-refractivity contribution is -0.546. The molecule has 0 unspecified atom stereocenters. The van der Waals surface area contributed by atoms with Crippen molar-refractivity contribution < 1.29 is 14.5 Å². The van der Waals surface area contributed by atoms with Crippen LogP contribution in [0.4, 0.5) is 0 Å². The second kappa shape index (κ2) is 3.32. The van der Waals surface area contributed by atoms with E-state index in [0.717, 1.165) is 0 Å². The summed E-state index contributed by atoms with van der Waals surface area (Å²) < 4.78 is 4.49. The van der Waals surface area contributed by atoms with Crippen molar-refractivity contribution in [3.63, 3.8) is 0 Å². The molecule has 11 heavy (non-hydrogen) atoms. The fourth-order valence-electron chi connectivity index (χ4n) is 0.382.